The Balaban J connectivity index is 0.00000180. The van der Waals surface area contributed by atoms with Crippen LogP contribution >= 0.6 is 28.3 Å². The van der Waals surface area contributed by atoms with Gasteiger partial charge in [-0.1, -0.05) is 28.1 Å². The third kappa shape index (κ3) is 3.71. The van der Waals surface area contributed by atoms with Crippen LogP contribution in [0.1, 0.15) is 25.3 Å². The summed E-state index contributed by atoms with van der Waals surface area (Å²) in [7, 11) is 1.90. The Morgan fingerprint density at radius 3 is 2.68 bits per heavy atom. The summed E-state index contributed by atoms with van der Waals surface area (Å²) in [5, 5.41) is 6.16. The van der Waals surface area contributed by atoms with Gasteiger partial charge in [-0.25, -0.2) is 0 Å². The summed E-state index contributed by atoms with van der Waals surface area (Å²) in [5.41, 5.74) is 0.837. The minimum Gasteiger partial charge on any atom is -0.354 e. The van der Waals surface area contributed by atoms with E-state index in [1.807, 2.05) is 31.3 Å². The van der Waals surface area contributed by atoms with Crippen LogP contribution in [-0.2, 0) is 10.2 Å². The molecule has 0 radical (unpaired) electrons. The van der Waals surface area contributed by atoms with Crippen LogP contribution < -0.4 is 10.6 Å². The summed E-state index contributed by atoms with van der Waals surface area (Å²) < 4.78 is 1.03. The zero-order chi connectivity index (χ0) is 13.2. The SMILES string of the molecule is CNC(C)CNC(=O)C1(c2cccc(Br)c2)CC1.Cl. The number of likely N-dealkylation sites (N-methyl/N-ethyl adjacent to an activating group) is 1. The lowest BCUT2D eigenvalue weighted by Crippen LogP contribution is -2.42. The van der Waals surface area contributed by atoms with Crippen LogP contribution in [0.25, 0.3) is 0 Å². The van der Waals surface area contributed by atoms with Crippen molar-refractivity contribution < 1.29 is 4.79 Å². The molecule has 5 heteroatoms. The van der Waals surface area contributed by atoms with E-state index in [0.717, 1.165) is 22.9 Å². The molecule has 1 aromatic rings. The predicted molar refractivity (Wildman–Crippen MR) is 83.8 cm³/mol. The van der Waals surface area contributed by atoms with Crippen molar-refractivity contribution in [2.45, 2.75) is 31.2 Å². The Morgan fingerprint density at radius 1 is 1.47 bits per heavy atom. The average molecular weight is 348 g/mol. The van der Waals surface area contributed by atoms with Crippen LogP contribution in [0.4, 0.5) is 0 Å². The van der Waals surface area contributed by atoms with Crippen molar-refractivity contribution in [1.29, 1.82) is 0 Å². The third-order valence-corrected chi connectivity index (χ3v) is 4.12. The topological polar surface area (TPSA) is 41.1 Å². The highest BCUT2D eigenvalue weighted by atomic mass is 79.9. The van der Waals surface area contributed by atoms with Gasteiger partial charge in [0, 0.05) is 17.1 Å². The van der Waals surface area contributed by atoms with Crippen molar-refractivity contribution in [1.82, 2.24) is 10.6 Å². The Morgan fingerprint density at radius 2 is 2.16 bits per heavy atom. The molecule has 0 aliphatic heterocycles. The van der Waals surface area contributed by atoms with Crippen molar-refractivity contribution in [2.75, 3.05) is 13.6 Å². The minimum atomic E-state index is -0.281. The lowest BCUT2D eigenvalue weighted by atomic mass is 9.95. The fourth-order valence-corrected chi connectivity index (χ4v) is 2.47. The Kier molecular flexibility index (Phi) is 5.83. The van der Waals surface area contributed by atoms with Crippen molar-refractivity contribution in [3.63, 3.8) is 0 Å². The van der Waals surface area contributed by atoms with E-state index in [1.54, 1.807) is 0 Å². The van der Waals surface area contributed by atoms with Crippen LogP contribution in [0.3, 0.4) is 0 Å². The summed E-state index contributed by atoms with van der Waals surface area (Å²) in [5.74, 6) is 0.155. The Bertz CT molecular complexity index is 449. The number of halogens is 2. The molecule has 1 saturated carbocycles. The lowest BCUT2D eigenvalue weighted by molar-refractivity contribution is -0.123. The number of carbonyl (C=O) groups is 1. The maximum absolute atomic E-state index is 12.3. The molecule has 106 valence electrons. The summed E-state index contributed by atoms with van der Waals surface area (Å²) in [6, 6.07) is 8.36. The molecular weight excluding hydrogens is 328 g/mol. The smallest absolute Gasteiger partial charge is 0.230 e. The highest BCUT2D eigenvalue weighted by Gasteiger charge is 2.51. The number of benzene rings is 1. The number of rotatable bonds is 5. The molecule has 2 N–H and O–H groups in total. The van der Waals surface area contributed by atoms with E-state index in [-0.39, 0.29) is 23.7 Å². The molecule has 1 aliphatic carbocycles. The maximum atomic E-state index is 12.3. The minimum absolute atomic E-state index is 0. The van der Waals surface area contributed by atoms with Gasteiger partial charge in [0.1, 0.15) is 0 Å². The predicted octanol–water partition coefficient (Wildman–Crippen LogP) is 2.63. The quantitative estimate of drug-likeness (QED) is 0.860. The van der Waals surface area contributed by atoms with Crippen molar-refractivity contribution in [3.8, 4) is 0 Å². The van der Waals surface area contributed by atoms with E-state index in [2.05, 4.69) is 33.5 Å². The normalized spacial score (nSPS) is 17.2. The first-order chi connectivity index (χ1) is 8.58. The Hall–Kier alpha value is -0.580. The fourth-order valence-electron chi connectivity index (χ4n) is 2.08. The van der Waals surface area contributed by atoms with Gasteiger partial charge in [-0.2, -0.15) is 0 Å². The number of hydrogen-bond acceptors (Lipinski definition) is 2. The van der Waals surface area contributed by atoms with E-state index in [1.165, 1.54) is 0 Å². The average Bonchev–Trinajstić information content (AvgIpc) is 3.17. The molecule has 3 nitrogen and oxygen atoms in total. The van der Waals surface area contributed by atoms with Crippen molar-refractivity contribution in [2.24, 2.45) is 0 Å². The highest BCUT2D eigenvalue weighted by molar-refractivity contribution is 9.10. The number of nitrogens with one attached hydrogen (secondary N) is 2. The molecule has 0 heterocycles. The summed E-state index contributed by atoms with van der Waals surface area (Å²) >= 11 is 3.46. The molecule has 0 saturated heterocycles. The first kappa shape index (κ1) is 16.5. The first-order valence-electron chi connectivity index (χ1n) is 6.30. The molecule has 1 unspecified atom stereocenters. The van der Waals surface area contributed by atoms with Gasteiger partial charge in [0.25, 0.3) is 0 Å². The zero-order valence-electron chi connectivity index (χ0n) is 11.2. The van der Waals surface area contributed by atoms with Gasteiger partial charge in [-0.05, 0) is 44.5 Å². The molecule has 2 rings (SSSR count). The van der Waals surface area contributed by atoms with E-state index in [4.69, 9.17) is 0 Å². The van der Waals surface area contributed by atoms with Crippen LogP contribution in [0.15, 0.2) is 28.7 Å². The van der Waals surface area contributed by atoms with E-state index in [0.29, 0.717) is 12.6 Å². The summed E-state index contributed by atoms with van der Waals surface area (Å²) in [6.45, 7) is 2.73. The fraction of sp³-hybridized carbons (Fsp3) is 0.500. The standard InChI is InChI=1S/C14H19BrN2O.ClH/c1-10(16-2)9-17-13(18)14(6-7-14)11-4-3-5-12(15)8-11;/h3-5,8,10,16H,6-7,9H2,1-2H3,(H,17,18);1H. The second-order valence-corrected chi connectivity index (χ2v) is 5.91. The second kappa shape index (κ2) is 6.73. The van der Waals surface area contributed by atoms with E-state index >= 15 is 0 Å². The molecule has 0 aromatic heterocycles. The molecule has 1 amide bonds. The monoisotopic (exact) mass is 346 g/mol. The van der Waals surface area contributed by atoms with Crippen LogP contribution in [0, 0.1) is 0 Å². The third-order valence-electron chi connectivity index (χ3n) is 3.62. The van der Waals surface area contributed by atoms with E-state index < -0.39 is 0 Å². The highest BCUT2D eigenvalue weighted by Crippen LogP contribution is 2.48. The number of carbonyl (C=O) groups excluding carboxylic acids is 1. The van der Waals surface area contributed by atoms with Gasteiger partial charge in [0.15, 0.2) is 0 Å². The van der Waals surface area contributed by atoms with Gasteiger partial charge < -0.3 is 10.6 Å². The van der Waals surface area contributed by atoms with Crippen molar-refractivity contribution in [3.05, 3.63) is 34.3 Å². The molecule has 1 aromatic carbocycles. The number of hydrogen-bond donors (Lipinski definition) is 2. The molecule has 1 atom stereocenters. The summed E-state index contributed by atoms with van der Waals surface area (Å²) in [6.07, 6.45) is 1.90. The maximum Gasteiger partial charge on any atom is 0.230 e. The molecule has 0 bridgehead atoms. The van der Waals surface area contributed by atoms with Crippen LogP contribution in [-0.4, -0.2) is 25.5 Å². The first-order valence-corrected chi connectivity index (χ1v) is 7.09. The summed E-state index contributed by atoms with van der Waals surface area (Å²) in [4.78, 5) is 12.3. The molecule has 19 heavy (non-hydrogen) atoms. The van der Waals surface area contributed by atoms with Crippen molar-refractivity contribution >= 4 is 34.2 Å². The Labute approximate surface area is 129 Å². The zero-order valence-corrected chi connectivity index (χ0v) is 13.6. The lowest BCUT2D eigenvalue weighted by Gasteiger charge is -2.18. The van der Waals surface area contributed by atoms with Crippen LogP contribution in [0.2, 0.25) is 0 Å². The largest absolute Gasteiger partial charge is 0.354 e. The molecule has 0 spiro atoms. The van der Waals surface area contributed by atoms with Gasteiger partial charge in [-0.3, -0.25) is 4.79 Å². The van der Waals surface area contributed by atoms with E-state index in [9.17, 15) is 4.79 Å². The van der Waals surface area contributed by atoms with Gasteiger partial charge in [0.2, 0.25) is 5.91 Å². The van der Waals surface area contributed by atoms with Gasteiger partial charge in [-0.15, -0.1) is 12.4 Å². The molecule has 1 aliphatic rings. The second-order valence-electron chi connectivity index (χ2n) is 4.99. The van der Waals surface area contributed by atoms with Gasteiger partial charge in [0.05, 0.1) is 5.41 Å². The van der Waals surface area contributed by atoms with Crippen LogP contribution in [0.5, 0.6) is 0 Å². The molecular formula is C14H20BrClN2O. The molecule has 1 fully saturated rings. The van der Waals surface area contributed by atoms with Gasteiger partial charge >= 0.3 is 0 Å². The number of amides is 1.